The third-order valence-corrected chi connectivity index (χ3v) is 12.6. The van der Waals surface area contributed by atoms with Gasteiger partial charge >= 0.3 is 17.9 Å². The first-order chi connectivity index (χ1) is 30.0. The Bertz CT molecular complexity index is 905. The second-order valence-corrected chi connectivity index (χ2v) is 18.9. The maximum atomic E-state index is 12.8. The van der Waals surface area contributed by atoms with Crippen LogP contribution in [0.2, 0.25) is 0 Å². The molecule has 0 aliphatic carbocycles. The van der Waals surface area contributed by atoms with E-state index in [1.165, 1.54) is 218 Å². The van der Waals surface area contributed by atoms with Gasteiger partial charge in [-0.05, 0) is 19.3 Å². The Balaban J connectivity index is 4.30. The summed E-state index contributed by atoms with van der Waals surface area (Å²) < 4.78 is 16.9. The van der Waals surface area contributed by atoms with Crippen molar-refractivity contribution < 1.29 is 28.6 Å². The normalized spacial score (nSPS) is 11.9. The van der Waals surface area contributed by atoms with E-state index >= 15 is 0 Å². The molecule has 362 valence electrons. The molecular formula is C55H106O6. The predicted molar refractivity (Wildman–Crippen MR) is 261 cm³/mol. The number of rotatable bonds is 51. The minimum absolute atomic E-state index is 0.0614. The number of hydrogen-bond acceptors (Lipinski definition) is 6. The summed E-state index contributed by atoms with van der Waals surface area (Å²) in [4.78, 5) is 38.0. The zero-order valence-corrected chi connectivity index (χ0v) is 41.5. The Kier molecular flexibility index (Phi) is 49.7. The van der Waals surface area contributed by atoms with E-state index in [9.17, 15) is 14.4 Å². The van der Waals surface area contributed by atoms with Gasteiger partial charge in [-0.3, -0.25) is 14.4 Å². The van der Waals surface area contributed by atoms with Crippen molar-refractivity contribution in [3.05, 3.63) is 0 Å². The van der Waals surface area contributed by atoms with Crippen LogP contribution in [-0.2, 0) is 28.6 Å². The molecule has 0 aromatic rings. The van der Waals surface area contributed by atoms with Crippen molar-refractivity contribution in [1.29, 1.82) is 0 Å². The molecule has 0 saturated carbocycles. The summed E-state index contributed by atoms with van der Waals surface area (Å²) in [5.41, 5.74) is 0. The van der Waals surface area contributed by atoms with Crippen LogP contribution in [0.25, 0.3) is 0 Å². The lowest BCUT2D eigenvalue weighted by Gasteiger charge is -2.18. The van der Waals surface area contributed by atoms with Gasteiger partial charge in [-0.2, -0.15) is 0 Å². The molecule has 61 heavy (non-hydrogen) atoms. The van der Waals surface area contributed by atoms with Crippen LogP contribution in [0.1, 0.15) is 316 Å². The summed E-state index contributed by atoms with van der Waals surface area (Å²) in [6.45, 7) is 6.69. The summed E-state index contributed by atoms with van der Waals surface area (Å²) in [7, 11) is 0. The van der Waals surface area contributed by atoms with Gasteiger partial charge in [-0.25, -0.2) is 0 Å². The fourth-order valence-corrected chi connectivity index (χ4v) is 8.45. The van der Waals surface area contributed by atoms with Crippen molar-refractivity contribution in [2.75, 3.05) is 13.2 Å². The molecule has 1 atom stereocenters. The van der Waals surface area contributed by atoms with Crippen LogP contribution in [0, 0.1) is 0 Å². The predicted octanol–water partition coefficient (Wildman–Crippen LogP) is 18.0. The Hall–Kier alpha value is -1.59. The lowest BCUT2D eigenvalue weighted by molar-refractivity contribution is -0.167. The molecule has 0 aromatic heterocycles. The molecule has 0 aromatic carbocycles. The molecule has 0 radical (unpaired) electrons. The van der Waals surface area contributed by atoms with Gasteiger partial charge in [0.25, 0.3) is 0 Å². The number of carbonyl (C=O) groups is 3. The topological polar surface area (TPSA) is 78.9 Å². The minimum Gasteiger partial charge on any atom is -0.462 e. The lowest BCUT2D eigenvalue weighted by atomic mass is 10.0. The van der Waals surface area contributed by atoms with Crippen LogP contribution in [0.15, 0.2) is 0 Å². The first kappa shape index (κ1) is 59.4. The van der Waals surface area contributed by atoms with E-state index in [0.717, 1.165) is 57.8 Å². The van der Waals surface area contributed by atoms with Crippen molar-refractivity contribution in [2.45, 2.75) is 322 Å². The zero-order valence-electron chi connectivity index (χ0n) is 41.5. The molecule has 0 saturated heterocycles. The van der Waals surface area contributed by atoms with E-state index < -0.39 is 6.10 Å². The average molecular weight is 863 g/mol. The smallest absolute Gasteiger partial charge is 0.306 e. The average Bonchev–Trinajstić information content (AvgIpc) is 3.26. The van der Waals surface area contributed by atoms with Crippen molar-refractivity contribution in [2.24, 2.45) is 0 Å². The van der Waals surface area contributed by atoms with Crippen molar-refractivity contribution >= 4 is 17.9 Å². The minimum atomic E-state index is -0.760. The van der Waals surface area contributed by atoms with Gasteiger partial charge < -0.3 is 14.2 Å². The molecule has 0 spiro atoms. The summed E-state index contributed by atoms with van der Waals surface area (Å²) in [5.74, 6) is -0.835. The Labute approximate surface area is 380 Å². The van der Waals surface area contributed by atoms with E-state index in [0.29, 0.717) is 19.3 Å². The Morgan fingerprint density at radius 1 is 0.262 bits per heavy atom. The van der Waals surface area contributed by atoms with Gasteiger partial charge in [0, 0.05) is 19.3 Å². The summed E-state index contributed by atoms with van der Waals surface area (Å²) in [5, 5.41) is 0. The molecule has 0 aliphatic heterocycles. The van der Waals surface area contributed by atoms with E-state index in [4.69, 9.17) is 14.2 Å². The van der Waals surface area contributed by atoms with Crippen LogP contribution in [-0.4, -0.2) is 37.2 Å². The van der Waals surface area contributed by atoms with Crippen molar-refractivity contribution in [3.63, 3.8) is 0 Å². The molecule has 0 N–H and O–H groups in total. The van der Waals surface area contributed by atoms with E-state index in [2.05, 4.69) is 20.8 Å². The first-order valence-corrected chi connectivity index (χ1v) is 27.5. The Morgan fingerprint density at radius 3 is 0.656 bits per heavy atom. The van der Waals surface area contributed by atoms with E-state index in [-0.39, 0.29) is 31.1 Å². The standard InChI is InChI=1S/C55H106O6/c1-4-7-10-13-16-19-22-25-27-28-31-34-37-40-43-46-49-55(58)61-52(50-59-53(56)47-44-41-38-35-32-29-24-21-18-15-12-9-6-3)51-60-54(57)48-45-42-39-36-33-30-26-23-20-17-14-11-8-5-2/h52H,4-51H2,1-3H3/t52-/m0/s1. The Morgan fingerprint density at radius 2 is 0.443 bits per heavy atom. The number of hydrogen-bond donors (Lipinski definition) is 0. The maximum Gasteiger partial charge on any atom is 0.306 e. The van der Waals surface area contributed by atoms with Gasteiger partial charge in [0.1, 0.15) is 13.2 Å². The number of esters is 3. The first-order valence-electron chi connectivity index (χ1n) is 27.5. The largest absolute Gasteiger partial charge is 0.462 e. The molecule has 6 heteroatoms. The fraction of sp³-hybridized carbons (Fsp3) is 0.945. The second kappa shape index (κ2) is 51.0. The molecule has 0 fully saturated rings. The molecule has 6 nitrogen and oxygen atoms in total. The van der Waals surface area contributed by atoms with E-state index in [1.807, 2.05) is 0 Å². The third kappa shape index (κ3) is 49.3. The highest BCUT2D eigenvalue weighted by Gasteiger charge is 2.19. The molecular weight excluding hydrogens is 757 g/mol. The number of ether oxygens (including phenoxy) is 3. The highest BCUT2D eigenvalue weighted by atomic mass is 16.6. The fourth-order valence-electron chi connectivity index (χ4n) is 8.45. The highest BCUT2D eigenvalue weighted by molar-refractivity contribution is 5.71. The van der Waals surface area contributed by atoms with Gasteiger partial charge in [0.05, 0.1) is 0 Å². The molecule has 0 heterocycles. The van der Waals surface area contributed by atoms with Gasteiger partial charge in [0.2, 0.25) is 0 Å². The highest BCUT2D eigenvalue weighted by Crippen LogP contribution is 2.17. The lowest BCUT2D eigenvalue weighted by Crippen LogP contribution is -2.30. The van der Waals surface area contributed by atoms with Gasteiger partial charge in [-0.15, -0.1) is 0 Å². The van der Waals surface area contributed by atoms with Gasteiger partial charge in [-0.1, -0.05) is 278 Å². The molecule has 0 bridgehead atoms. The molecule has 0 amide bonds. The van der Waals surface area contributed by atoms with Crippen LogP contribution in [0.5, 0.6) is 0 Å². The SMILES string of the molecule is CCCCCCCCCCCCCCCCCCC(=O)O[C@@H](COC(=O)CCCCCCCCCCCCCCC)COC(=O)CCCCCCCCCCCCCCCC. The van der Waals surface area contributed by atoms with Gasteiger partial charge in [0.15, 0.2) is 6.10 Å². The third-order valence-electron chi connectivity index (χ3n) is 12.6. The molecule has 0 rings (SSSR count). The summed E-state index contributed by atoms with van der Waals surface area (Å²) in [6, 6.07) is 0. The van der Waals surface area contributed by atoms with E-state index in [1.54, 1.807) is 0 Å². The molecule has 0 unspecified atom stereocenters. The van der Waals surface area contributed by atoms with Crippen LogP contribution >= 0.6 is 0 Å². The van der Waals surface area contributed by atoms with Crippen LogP contribution in [0.4, 0.5) is 0 Å². The van der Waals surface area contributed by atoms with Crippen LogP contribution in [0.3, 0.4) is 0 Å². The number of carbonyl (C=O) groups excluding carboxylic acids is 3. The van der Waals surface area contributed by atoms with Crippen LogP contribution < -0.4 is 0 Å². The quantitative estimate of drug-likeness (QED) is 0.0344. The molecule has 0 aliphatic rings. The summed E-state index contributed by atoms with van der Waals surface area (Å²) >= 11 is 0. The van der Waals surface area contributed by atoms with Crippen molar-refractivity contribution in [1.82, 2.24) is 0 Å². The summed E-state index contributed by atoms with van der Waals surface area (Å²) in [6.07, 6.45) is 55.1. The second-order valence-electron chi connectivity index (χ2n) is 18.9. The monoisotopic (exact) mass is 863 g/mol. The zero-order chi connectivity index (χ0) is 44.4. The van der Waals surface area contributed by atoms with Crippen molar-refractivity contribution in [3.8, 4) is 0 Å². The maximum absolute atomic E-state index is 12.8. The number of unbranched alkanes of at least 4 members (excludes halogenated alkanes) is 40.